The maximum Gasteiger partial charge on any atom is 0.172 e. The number of methoxy groups -OCH3 is 2. The molecule has 0 aromatic heterocycles. The normalized spacial score (nSPS) is 16.6. The highest BCUT2D eigenvalue weighted by Gasteiger charge is 2.12. The van der Waals surface area contributed by atoms with Crippen LogP contribution in [0.25, 0.3) is 5.76 Å². The average molecular weight is 254 g/mol. The summed E-state index contributed by atoms with van der Waals surface area (Å²) in [4.78, 5) is 0. The van der Waals surface area contributed by atoms with Gasteiger partial charge in [0.2, 0.25) is 0 Å². The lowest BCUT2D eigenvalue weighted by Crippen LogP contribution is -2.03. The van der Waals surface area contributed by atoms with Gasteiger partial charge in [0, 0.05) is 11.5 Å². The second kappa shape index (κ2) is 6.67. The van der Waals surface area contributed by atoms with Crippen molar-refractivity contribution in [3.63, 3.8) is 0 Å². The van der Waals surface area contributed by atoms with Gasteiger partial charge in [0.05, 0.1) is 14.2 Å². The lowest BCUT2D eigenvalue weighted by atomic mass is 9.98. The fourth-order valence-electron chi connectivity index (χ4n) is 2.01. The predicted molar refractivity (Wildman–Crippen MR) is 77.3 cm³/mol. The second-order valence-corrected chi connectivity index (χ2v) is 4.25. The Morgan fingerprint density at radius 1 is 1.11 bits per heavy atom. The third-order valence-electron chi connectivity index (χ3n) is 3.01. The Kier molecular flexibility index (Phi) is 4.66. The highest BCUT2D eigenvalue weighted by Crippen LogP contribution is 2.23. The highest BCUT2D eigenvalue weighted by molar-refractivity contribution is 5.59. The van der Waals surface area contributed by atoms with E-state index in [1.165, 1.54) is 0 Å². The van der Waals surface area contributed by atoms with Gasteiger partial charge < -0.3 is 9.47 Å². The molecular weight excluding hydrogens is 236 g/mol. The van der Waals surface area contributed by atoms with Crippen LogP contribution in [0.1, 0.15) is 12.0 Å². The zero-order valence-electron chi connectivity index (χ0n) is 11.3. The molecule has 2 nitrogen and oxygen atoms in total. The van der Waals surface area contributed by atoms with E-state index in [9.17, 15) is 0 Å². The molecule has 1 aliphatic carbocycles. The Morgan fingerprint density at radius 3 is 2.47 bits per heavy atom. The van der Waals surface area contributed by atoms with Crippen LogP contribution in [0.4, 0.5) is 0 Å². The van der Waals surface area contributed by atoms with Crippen LogP contribution in [0.3, 0.4) is 0 Å². The Morgan fingerprint density at radius 2 is 1.89 bits per heavy atom. The molecule has 0 N–H and O–H groups in total. The summed E-state index contributed by atoms with van der Waals surface area (Å²) in [7, 11) is 3.33. The molecule has 0 saturated carbocycles. The third kappa shape index (κ3) is 3.40. The first-order chi connectivity index (χ1) is 9.35. The van der Waals surface area contributed by atoms with Crippen molar-refractivity contribution in [2.75, 3.05) is 14.2 Å². The van der Waals surface area contributed by atoms with Gasteiger partial charge in [-0.2, -0.15) is 0 Å². The van der Waals surface area contributed by atoms with Crippen molar-refractivity contribution in [2.24, 2.45) is 5.92 Å². The largest absolute Gasteiger partial charge is 0.492 e. The Labute approximate surface area is 114 Å². The van der Waals surface area contributed by atoms with E-state index in [0.717, 1.165) is 17.7 Å². The summed E-state index contributed by atoms with van der Waals surface area (Å²) >= 11 is 0. The van der Waals surface area contributed by atoms with E-state index in [0.29, 0.717) is 5.76 Å². The zero-order chi connectivity index (χ0) is 13.5. The summed E-state index contributed by atoms with van der Waals surface area (Å²) < 4.78 is 10.9. The van der Waals surface area contributed by atoms with E-state index in [2.05, 4.69) is 17.9 Å². The third-order valence-corrected chi connectivity index (χ3v) is 3.01. The first kappa shape index (κ1) is 13.3. The summed E-state index contributed by atoms with van der Waals surface area (Å²) in [6, 6.07) is 9.93. The topological polar surface area (TPSA) is 18.5 Å². The minimum Gasteiger partial charge on any atom is -0.492 e. The highest BCUT2D eigenvalue weighted by atomic mass is 16.5. The van der Waals surface area contributed by atoms with Crippen LogP contribution in [-0.4, -0.2) is 14.2 Å². The minimum absolute atomic E-state index is 0.226. The van der Waals surface area contributed by atoms with Crippen LogP contribution in [0.2, 0.25) is 0 Å². The van der Waals surface area contributed by atoms with Crippen molar-refractivity contribution in [3.05, 3.63) is 71.7 Å². The number of ether oxygens (including phenoxy) is 2. The molecule has 0 bridgehead atoms. The minimum atomic E-state index is 0.226. The molecule has 19 heavy (non-hydrogen) atoms. The summed E-state index contributed by atoms with van der Waals surface area (Å²) in [5, 5.41) is 0. The van der Waals surface area contributed by atoms with E-state index >= 15 is 0 Å². The lowest BCUT2D eigenvalue weighted by Gasteiger charge is -2.14. The fourth-order valence-corrected chi connectivity index (χ4v) is 2.01. The van der Waals surface area contributed by atoms with Crippen LogP contribution >= 0.6 is 0 Å². The Bertz CT molecular complexity index is 532. The van der Waals surface area contributed by atoms with Gasteiger partial charge in [0.25, 0.3) is 0 Å². The molecule has 98 valence electrons. The van der Waals surface area contributed by atoms with E-state index in [-0.39, 0.29) is 5.92 Å². The molecular formula is C17H18O2. The summed E-state index contributed by atoms with van der Waals surface area (Å²) in [6.45, 7) is 0. The zero-order valence-corrected chi connectivity index (χ0v) is 11.3. The maximum absolute atomic E-state index is 5.46. The molecule has 2 heteroatoms. The molecule has 0 spiro atoms. The molecule has 2 rings (SSSR count). The van der Waals surface area contributed by atoms with Gasteiger partial charge in [0.1, 0.15) is 5.76 Å². The molecule has 0 aliphatic heterocycles. The number of allylic oxidation sites excluding steroid dienone is 4. The van der Waals surface area contributed by atoms with Gasteiger partial charge in [-0.1, -0.05) is 54.6 Å². The summed E-state index contributed by atoms with van der Waals surface area (Å²) in [5.41, 5.74) is 4.24. The monoisotopic (exact) mass is 254 g/mol. The van der Waals surface area contributed by atoms with E-state index in [1.54, 1.807) is 14.2 Å². The SMILES string of the molecule is COC(=C=C(OC)C1C=CC=CC1)c1ccccc1. The standard InChI is InChI=1S/C17H18O2/c1-18-16(14-9-5-3-6-10-14)13-17(19-2)15-11-7-4-8-12-15/h3-11,15H,12H2,1-2H3. The molecule has 0 radical (unpaired) electrons. The van der Waals surface area contributed by atoms with Crippen LogP contribution < -0.4 is 0 Å². The average Bonchev–Trinajstić information content (AvgIpc) is 2.50. The summed E-state index contributed by atoms with van der Waals surface area (Å²) in [5.74, 6) is 1.71. The van der Waals surface area contributed by atoms with Crippen molar-refractivity contribution in [1.29, 1.82) is 0 Å². The molecule has 1 aromatic carbocycles. The van der Waals surface area contributed by atoms with Gasteiger partial charge in [-0.15, -0.1) is 0 Å². The molecule has 0 saturated heterocycles. The molecule has 0 heterocycles. The molecule has 0 fully saturated rings. The van der Waals surface area contributed by atoms with Crippen LogP contribution in [-0.2, 0) is 9.47 Å². The Balaban J connectivity index is 2.39. The number of benzene rings is 1. The van der Waals surface area contributed by atoms with Gasteiger partial charge in [-0.3, -0.25) is 0 Å². The van der Waals surface area contributed by atoms with Gasteiger partial charge >= 0.3 is 0 Å². The van der Waals surface area contributed by atoms with Crippen molar-refractivity contribution < 1.29 is 9.47 Å². The first-order valence-electron chi connectivity index (χ1n) is 6.32. The fraction of sp³-hybridized carbons (Fsp3) is 0.235. The molecule has 1 aliphatic rings. The number of hydrogen-bond donors (Lipinski definition) is 0. The van der Waals surface area contributed by atoms with Crippen molar-refractivity contribution >= 4 is 5.76 Å². The number of rotatable bonds is 4. The van der Waals surface area contributed by atoms with Crippen molar-refractivity contribution in [2.45, 2.75) is 6.42 Å². The van der Waals surface area contributed by atoms with Crippen LogP contribution in [0.5, 0.6) is 0 Å². The van der Waals surface area contributed by atoms with Crippen molar-refractivity contribution in [1.82, 2.24) is 0 Å². The van der Waals surface area contributed by atoms with Gasteiger partial charge in [0.15, 0.2) is 5.76 Å². The quantitative estimate of drug-likeness (QED) is 0.598. The van der Waals surface area contributed by atoms with Crippen LogP contribution in [0.15, 0.2) is 66.1 Å². The van der Waals surface area contributed by atoms with E-state index < -0.39 is 0 Å². The molecule has 1 atom stereocenters. The van der Waals surface area contributed by atoms with Crippen LogP contribution in [0, 0.1) is 5.92 Å². The van der Waals surface area contributed by atoms with Gasteiger partial charge in [-0.25, -0.2) is 0 Å². The smallest absolute Gasteiger partial charge is 0.172 e. The molecule has 0 amide bonds. The van der Waals surface area contributed by atoms with E-state index in [4.69, 9.17) is 9.47 Å². The molecule has 1 aromatic rings. The predicted octanol–water partition coefficient (Wildman–Crippen LogP) is 3.94. The lowest BCUT2D eigenvalue weighted by molar-refractivity contribution is 0.256. The Hall–Kier alpha value is -2.18. The van der Waals surface area contributed by atoms with Crippen molar-refractivity contribution in [3.8, 4) is 0 Å². The molecule has 1 unspecified atom stereocenters. The summed E-state index contributed by atoms with van der Waals surface area (Å²) in [6.07, 6.45) is 9.24. The second-order valence-electron chi connectivity index (χ2n) is 4.25. The maximum atomic E-state index is 5.46. The van der Waals surface area contributed by atoms with E-state index in [1.807, 2.05) is 42.5 Å². The number of hydrogen-bond acceptors (Lipinski definition) is 2. The van der Waals surface area contributed by atoms with Gasteiger partial charge in [-0.05, 0) is 12.2 Å². The first-order valence-corrected chi connectivity index (χ1v) is 6.32.